The summed E-state index contributed by atoms with van der Waals surface area (Å²) in [7, 11) is 0. The van der Waals surface area contributed by atoms with Crippen LogP contribution in [0.5, 0.6) is 0 Å². The smallest absolute Gasteiger partial charge is 0.333 e. The van der Waals surface area contributed by atoms with Gasteiger partial charge in [-0.3, -0.25) is 0 Å². The SMILES string of the molecule is O=C(NCc1cccs1)N1CCCCC1C(F)(F)F. The number of likely N-dealkylation sites (tertiary alicyclic amines) is 1. The Kier molecular flexibility index (Phi) is 4.34. The van der Waals surface area contributed by atoms with Crippen molar-refractivity contribution in [3.63, 3.8) is 0 Å². The molecule has 0 spiro atoms. The molecule has 1 aromatic rings. The molecule has 0 aliphatic carbocycles. The number of amides is 2. The van der Waals surface area contributed by atoms with Crippen LogP contribution >= 0.6 is 11.3 Å². The summed E-state index contributed by atoms with van der Waals surface area (Å²) >= 11 is 1.46. The van der Waals surface area contributed by atoms with E-state index in [9.17, 15) is 18.0 Å². The molecule has 1 N–H and O–H groups in total. The molecule has 106 valence electrons. The zero-order chi connectivity index (χ0) is 13.9. The van der Waals surface area contributed by atoms with Gasteiger partial charge in [-0.1, -0.05) is 6.07 Å². The van der Waals surface area contributed by atoms with E-state index in [-0.39, 0.29) is 19.5 Å². The van der Waals surface area contributed by atoms with E-state index in [4.69, 9.17) is 0 Å². The van der Waals surface area contributed by atoms with E-state index in [1.165, 1.54) is 11.3 Å². The van der Waals surface area contributed by atoms with Gasteiger partial charge in [-0.2, -0.15) is 13.2 Å². The fourth-order valence-electron chi connectivity index (χ4n) is 2.19. The summed E-state index contributed by atoms with van der Waals surface area (Å²) in [5, 5.41) is 4.42. The maximum Gasteiger partial charge on any atom is 0.408 e. The van der Waals surface area contributed by atoms with Crippen LogP contribution in [0, 0.1) is 0 Å². The Morgan fingerprint density at radius 1 is 1.47 bits per heavy atom. The summed E-state index contributed by atoms with van der Waals surface area (Å²) in [6.45, 7) is 0.442. The van der Waals surface area contributed by atoms with Crippen molar-refractivity contribution in [3.05, 3.63) is 22.4 Å². The number of carbonyl (C=O) groups excluding carboxylic acids is 1. The van der Waals surface area contributed by atoms with Gasteiger partial charge in [-0.05, 0) is 30.7 Å². The predicted molar refractivity (Wildman–Crippen MR) is 67.0 cm³/mol. The lowest BCUT2D eigenvalue weighted by Gasteiger charge is -2.36. The minimum Gasteiger partial charge on any atom is -0.333 e. The summed E-state index contributed by atoms with van der Waals surface area (Å²) in [5.41, 5.74) is 0. The second-order valence-corrected chi connectivity index (χ2v) is 5.52. The molecule has 1 aromatic heterocycles. The van der Waals surface area contributed by atoms with Crippen molar-refractivity contribution in [3.8, 4) is 0 Å². The molecule has 0 aromatic carbocycles. The molecule has 0 saturated carbocycles. The Hall–Kier alpha value is -1.24. The quantitative estimate of drug-likeness (QED) is 0.890. The minimum atomic E-state index is -4.35. The van der Waals surface area contributed by atoms with Crippen LogP contribution in [0.1, 0.15) is 24.1 Å². The molecule has 7 heteroatoms. The number of rotatable bonds is 2. The van der Waals surface area contributed by atoms with Gasteiger partial charge in [0.2, 0.25) is 0 Å². The molecule has 19 heavy (non-hydrogen) atoms. The van der Waals surface area contributed by atoms with Crippen molar-refractivity contribution < 1.29 is 18.0 Å². The van der Waals surface area contributed by atoms with Crippen LogP contribution in [0.15, 0.2) is 17.5 Å². The van der Waals surface area contributed by atoms with E-state index in [2.05, 4.69) is 5.32 Å². The zero-order valence-corrected chi connectivity index (χ0v) is 11.1. The first-order valence-corrected chi connectivity index (χ1v) is 7.00. The Morgan fingerprint density at radius 2 is 2.26 bits per heavy atom. The van der Waals surface area contributed by atoms with Gasteiger partial charge in [0.15, 0.2) is 0 Å². The number of thiophene rings is 1. The van der Waals surface area contributed by atoms with Gasteiger partial charge >= 0.3 is 12.2 Å². The first-order chi connectivity index (χ1) is 8.98. The third-order valence-corrected chi connectivity index (χ3v) is 4.01. The summed E-state index contributed by atoms with van der Waals surface area (Å²) in [6.07, 6.45) is -3.21. The molecule has 1 aliphatic rings. The lowest BCUT2D eigenvalue weighted by molar-refractivity contribution is -0.182. The number of hydrogen-bond donors (Lipinski definition) is 1. The molecular formula is C12H15F3N2OS. The number of hydrogen-bond acceptors (Lipinski definition) is 2. The maximum absolute atomic E-state index is 12.8. The van der Waals surface area contributed by atoms with Gasteiger partial charge < -0.3 is 10.2 Å². The monoisotopic (exact) mass is 292 g/mol. The van der Waals surface area contributed by atoms with E-state index >= 15 is 0 Å². The van der Waals surface area contributed by atoms with Gasteiger partial charge in [-0.15, -0.1) is 11.3 Å². The largest absolute Gasteiger partial charge is 0.408 e. The third kappa shape index (κ3) is 3.62. The van der Waals surface area contributed by atoms with Crippen LogP contribution in [0.25, 0.3) is 0 Å². The number of nitrogens with one attached hydrogen (secondary N) is 1. The lowest BCUT2D eigenvalue weighted by Crippen LogP contribution is -2.54. The van der Waals surface area contributed by atoms with Crippen LogP contribution in [0.4, 0.5) is 18.0 Å². The van der Waals surface area contributed by atoms with E-state index in [1.807, 2.05) is 17.5 Å². The van der Waals surface area contributed by atoms with Crippen molar-refractivity contribution in [2.75, 3.05) is 6.54 Å². The van der Waals surface area contributed by atoms with Crippen LogP contribution in [-0.4, -0.2) is 29.7 Å². The second kappa shape index (κ2) is 5.81. The minimum absolute atomic E-state index is 0.00405. The van der Waals surface area contributed by atoms with Crippen LogP contribution in [0.2, 0.25) is 0 Å². The van der Waals surface area contributed by atoms with E-state index in [0.717, 1.165) is 9.78 Å². The van der Waals surface area contributed by atoms with E-state index in [1.54, 1.807) is 0 Å². The number of urea groups is 1. The van der Waals surface area contributed by atoms with Crippen molar-refractivity contribution in [2.45, 2.75) is 38.0 Å². The highest BCUT2D eigenvalue weighted by molar-refractivity contribution is 7.09. The number of alkyl halides is 3. The Bertz CT molecular complexity index is 419. The summed E-state index contributed by atoms with van der Waals surface area (Å²) in [4.78, 5) is 13.7. The van der Waals surface area contributed by atoms with Gasteiger partial charge in [0, 0.05) is 11.4 Å². The molecular weight excluding hydrogens is 277 g/mol. The van der Waals surface area contributed by atoms with Crippen molar-refractivity contribution in [1.82, 2.24) is 10.2 Å². The number of piperidine rings is 1. The van der Waals surface area contributed by atoms with Gasteiger partial charge in [0.1, 0.15) is 6.04 Å². The number of nitrogens with zero attached hydrogens (tertiary/aromatic N) is 1. The Morgan fingerprint density at radius 3 is 2.89 bits per heavy atom. The van der Waals surface area contributed by atoms with Gasteiger partial charge in [0.25, 0.3) is 0 Å². The van der Waals surface area contributed by atoms with E-state index < -0.39 is 18.2 Å². The Balaban J connectivity index is 1.95. The molecule has 3 nitrogen and oxygen atoms in total. The summed E-state index contributed by atoms with van der Waals surface area (Å²) < 4.78 is 38.5. The second-order valence-electron chi connectivity index (χ2n) is 4.48. The fourth-order valence-corrected chi connectivity index (χ4v) is 2.84. The molecule has 2 rings (SSSR count). The highest BCUT2D eigenvalue weighted by Crippen LogP contribution is 2.31. The number of halogens is 3. The molecule has 2 amide bonds. The zero-order valence-electron chi connectivity index (χ0n) is 10.2. The Labute approximate surface area is 113 Å². The summed E-state index contributed by atoms with van der Waals surface area (Å²) in [6, 6.07) is 1.40. The predicted octanol–water partition coefficient (Wildman–Crippen LogP) is 3.37. The first kappa shape index (κ1) is 14.2. The van der Waals surface area contributed by atoms with Crippen LogP contribution in [0.3, 0.4) is 0 Å². The topological polar surface area (TPSA) is 32.3 Å². The van der Waals surface area contributed by atoms with Crippen molar-refractivity contribution >= 4 is 17.4 Å². The third-order valence-electron chi connectivity index (χ3n) is 3.14. The average Bonchev–Trinajstić information content (AvgIpc) is 2.88. The van der Waals surface area contributed by atoms with Gasteiger partial charge in [0.05, 0.1) is 6.54 Å². The van der Waals surface area contributed by atoms with Crippen molar-refractivity contribution in [1.29, 1.82) is 0 Å². The van der Waals surface area contributed by atoms with Crippen LogP contribution < -0.4 is 5.32 Å². The fraction of sp³-hybridized carbons (Fsp3) is 0.583. The average molecular weight is 292 g/mol. The van der Waals surface area contributed by atoms with E-state index in [0.29, 0.717) is 12.8 Å². The van der Waals surface area contributed by atoms with Gasteiger partial charge in [-0.25, -0.2) is 4.79 Å². The standard InChI is InChI=1S/C12H15F3N2OS/c13-12(14,15)10-5-1-2-6-17(10)11(18)16-8-9-4-3-7-19-9/h3-4,7,10H,1-2,5-6,8H2,(H,16,18). The van der Waals surface area contributed by atoms with Crippen molar-refractivity contribution in [2.24, 2.45) is 0 Å². The maximum atomic E-state index is 12.8. The lowest BCUT2D eigenvalue weighted by atomic mass is 10.0. The molecule has 1 unspecified atom stereocenters. The highest BCUT2D eigenvalue weighted by Gasteiger charge is 2.46. The number of carbonyl (C=O) groups is 1. The highest BCUT2D eigenvalue weighted by atomic mass is 32.1. The van der Waals surface area contributed by atoms with Crippen LogP contribution in [-0.2, 0) is 6.54 Å². The molecule has 0 radical (unpaired) electrons. The molecule has 1 atom stereocenters. The molecule has 1 saturated heterocycles. The normalized spacial score (nSPS) is 20.4. The summed E-state index contributed by atoms with van der Waals surface area (Å²) in [5.74, 6) is 0. The molecule has 2 heterocycles. The molecule has 1 fully saturated rings. The molecule has 1 aliphatic heterocycles. The first-order valence-electron chi connectivity index (χ1n) is 6.12. The molecule has 0 bridgehead atoms.